The van der Waals surface area contributed by atoms with E-state index in [1.54, 1.807) is 0 Å². The van der Waals surface area contributed by atoms with E-state index < -0.39 is 0 Å². The van der Waals surface area contributed by atoms with Gasteiger partial charge in [-0.25, -0.2) is 0 Å². The van der Waals surface area contributed by atoms with Crippen LogP contribution in [-0.4, -0.2) is 13.2 Å². The van der Waals surface area contributed by atoms with Gasteiger partial charge in [-0.15, -0.1) is 0 Å². The van der Waals surface area contributed by atoms with Gasteiger partial charge in [0.15, 0.2) is 0 Å². The molecule has 1 N–H and O–H groups in total. The van der Waals surface area contributed by atoms with E-state index in [2.05, 4.69) is 30.4 Å². The molecule has 130 valence electrons. The van der Waals surface area contributed by atoms with Crippen LogP contribution in [0.5, 0.6) is 11.5 Å². The van der Waals surface area contributed by atoms with Crippen molar-refractivity contribution in [3.8, 4) is 11.5 Å². The highest BCUT2D eigenvalue weighted by molar-refractivity contribution is 5.49. The molecule has 0 saturated carbocycles. The van der Waals surface area contributed by atoms with Gasteiger partial charge < -0.3 is 14.8 Å². The molecule has 0 aliphatic heterocycles. The minimum Gasteiger partial charge on any atom is -0.494 e. The van der Waals surface area contributed by atoms with Gasteiger partial charge in [0.2, 0.25) is 0 Å². The maximum Gasteiger partial charge on any atom is 0.124 e. The third-order valence-corrected chi connectivity index (χ3v) is 3.86. The summed E-state index contributed by atoms with van der Waals surface area (Å²) in [5, 5.41) is 3.45. The Morgan fingerprint density at radius 3 is 2.58 bits per heavy atom. The second-order valence-electron chi connectivity index (χ2n) is 5.83. The number of nitrogens with one attached hydrogen (secondary N) is 1. The summed E-state index contributed by atoms with van der Waals surface area (Å²) in [5.74, 6) is 1.87. The zero-order chi connectivity index (χ0) is 17.0. The summed E-state index contributed by atoms with van der Waals surface area (Å²) in [5.41, 5.74) is 2.23. The number of hydrogen-bond acceptors (Lipinski definition) is 3. The molecule has 0 spiro atoms. The smallest absolute Gasteiger partial charge is 0.124 e. The normalized spacial score (nSPS) is 10.4. The van der Waals surface area contributed by atoms with Gasteiger partial charge in [0.1, 0.15) is 11.5 Å². The van der Waals surface area contributed by atoms with Crippen molar-refractivity contribution in [3.63, 3.8) is 0 Å². The molecule has 0 heterocycles. The first-order valence-corrected chi connectivity index (χ1v) is 9.01. The molecule has 0 aliphatic rings. The molecule has 3 nitrogen and oxygen atoms in total. The minimum absolute atomic E-state index is 0.679. The maximum atomic E-state index is 5.97. The lowest BCUT2D eigenvalue weighted by molar-refractivity contribution is 0.302. The standard InChI is InChI=1S/C21H29NO2/c1-3-5-6-9-15-24-21-14-8-7-11-18(21)17-22-19-12-10-13-20(16-19)23-4-2/h7-8,10-14,16,22H,3-6,9,15,17H2,1-2H3. The fraction of sp³-hybridized carbons (Fsp3) is 0.429. The van der Waals surface area contributed by atoms with Crippen molar-refractivity contribution in [1.29, 1.82) is 0 Å². The average molecular weight is 327 g/mol. The molecular weight excluding hydrogens is 298 g/mol. The van der Waals surface area contributed by atoms with Crippen molar-refractivity contribution in [3.05, 3.63) is 54.1 Å². The number of para-hydroxylation sites is 1. The lowest BCUT2D eigenvalue weighted by Crippen LogP contribution is -2.04. The Morgan fingerprint density at radius 1 is 0.875 bits per heavy atom. The molecule has 0 unspecified atom stereocenters. The molecule has 0 fully saturated rings. The van der Waals surface area contributed by atoms with E-state index in [0.29, 0.717) is 6.61 Å². The zero-order valence-corrected chi connectivity index (χ0v) is 14.9. The second-order valence-corrected chi connectivity index (χ2v) is 5.83. The van der Waals surface area contributed by atoms with Crippen LogP contribution < -0.4 is 14.8 Å². The first-order chi connectivity index (χ1) is 11.8. The predicted octanol–water partition coefficient (Wildman–Crippen LogP) is 5.66. The van der Waals surface area contributed by atoms with E-state index in [9.17, 15) is 0 Å². The van der Waals surface area contributed by atoms with E-state index in [0.717, 1.165) is 36.8 Å². The molecule has 3 heteroatoms. The summed E-state index contributed by atoms with van der Waals surface area (Å²) >= 11 is 0. The molecule has 2 aromatic rings. The predicted molar refractivity (Wildman–Crippen MR) is 101 cm³/mol. The lowest BCUT2D eigenvalue weighted by Gasteiger charge is -2.13. The molecule has 0 aliphatic carbocycles. The topological polar surface area (TPSA) is 30.5 Å². The highest BCUT2D eigenvalue weighted by Crippen LogP contribution is 2.22. The van der Waals surface area contributed by atoms with Gasteiger partial charge in [0, 0.05) is 23.9 Å². The molecular formula is C21H29NO2. The highest BCUT2D eigenvalue weighted by Gasteiger charge is 2.03. The van der Waals surface area contributed by atoms with Crippen molar-refractivity contribution in [1.82, 2.24) is 0 Å². The molecule has 0 aromatic heterocycles. The number of ether oxygens (including phenoxy) is 2. The zero-order valence-electron chi connectivity index (χ0n) is 14.9. The lowest BCUT2D eigenvalue weighted by atomic mass is 10.2. The third kappa shape index (κ3) is 6.15. The third-order valence-electron chi connectivity index (χ3n) is 3.86. The van der Waals surface area contributed by atoms with Crippen LogP contribution in [0.4, 0.5) is 5.69 Å². The Hall–Kier alpha value is -2.16. The molecule has 24 heavy (non-hydrogen) atoms. The van der Waals surface area contributed by atoms with E-state index in [1.165, 1.54) is 24.8 Å². The number of hydrogen-bond donors (Lipinski definition) is 1. The van der Waals surface area contributed by atoms with Gasteiger partial charge in [-0.2, -0.15) is 0 Å². The SMILES string of the molecule is CCCCCCOc1ccccc1CNc1cccc(OCC)c1. The Morgan fingerprint density at radius 2 is 1.75 bits per heavy atom. The molecule has 2 rings (SSSR count). The van der Waals surface area contributed by atoms with E-state index in [-0.39, 0.29) is 0 Å². The van der Waals surface area contributed by atoms with Crippen LogP contribution in [0.2, 0.25) is 0 Å². The number of benzene rings is 2. The van der Waals surface area contributed by atoms with Gasteiger partial charge in [0.25, 0.3) is 0 Å². The Bertz CT molecular complexity index is 598. The largest absolute Gasteiger partial charge is 0.494 e. The Balaban J connectivity index is 1.89. The Labute approximate surface area is 146 Å². The molecule has 0 radical (unpaired) electrons. The molecule has 0 atom stereocenters. The van der Waals surface area contributed by atoms with Crippen LogP contribution in [0.25, 0.3) is 0 Å². The van der Waals surface area contributed by atoms with Crippen LogP contribution in [0.3, 0.4) is 0 Å². The van der Waals surface area contributed by atoms with Gasteiger partial charge >= 0.3 is 0 Å². The van der Waals surface area contributed by atoms with E-state index in [1.807, 2.05) is 37.3 Å². The highest BCUT2D eigenvalue weighted by atomic mass is 16.5. The van der Waals surface area contributed by atoms with Crippen LogP contribution >= 0.6 is 0 Å². The van der Waals surface area contributed by atoms with Gasteiger partial charge in [-0.1, -0.05) is 50.5 Å². The summed E-state index contributed by atoms with van der Waals surface area (Å²) in [7, 11) is 0. The molecule has 0 saturated heterocycles. The van der Waals surface area contributed by atoms with E-state index >= 15 is 0 Å². The van der Waals surface area contributed by atoms with Gasteiger partial charge in [0.05, 0.1) is 13.2 Å². The summed E-state index contributed by atoms with van der Waals surface area (Å²) in [6.07, 6.45) is 4.89. The van der Waals surface area contributed by atoms with Crippen molar-refractivity contribution >= 4 is 5.69 Å². The van der Waals surface area contributed by atoms with Crippen molar-refractivity contribution in [2.75, 3.05) is 18.5 Å². The fourth-order valence-corrected chi connectivity index (χ4v) is 2.56. The van der Waals surface area contributed by atoms with Crippen molar-refractivity contribution in [2.45, 2.75) is 46.1 Å². The van der Waals surface area contributed by atoms with Crippen LogP contribution in [0.1, 0.15) is 45.1 Å². The quantitative estimate of drug-likeness (QED) is 0.540. The second kappa shape index (κ2) is 10.6. The van der Waals surface area contributed by atoms with E-state index in [4.69, 9.17) is 9.47 Å². The monoisotopic (exact) mass is 327 g/mol. The molecule has 0 bridgehead atoms. The number of unbranched alkanes of at least 4 members (excludes halogenated alkanes) is 3. The first-order valence-electron chi connectivity index (χ1n) is 9.01. The summed E-state index contributed by atoms with van der Waals surface area (Å²) in [6, 6.07) is 16.3. The summed E-state index contributed by atoms with van der Waals surface area (Å²) in [6.45, 7) is 6.42. The maximum absolute atomic E-state index is 5.97. The molecule has 0 amide bonds. The first kappa shape index (κ1) is 18.2. The van der Waals surface area contributed by atoms with Gasteiger partial charge in [-0.05, 0) is 31.5 Å². The number of rotatable bonds is 11. The minimum atomic E-state index is 0.679. The summed E-state index contributed by atoms with van der Waals surface area (Å²) < 4.78 is 11.5. The fourth-order valence-electron chi connectivity index (χ4n) is 2.56. The Kier molecular flexibility index (Phi) is 8.02. The van der Waals surface area contributed by atoms with Crippen LogP contribution in [0.15, 0.2) is 48.5 Å². The van der Waals surface area contributed by atoms with Crippen molar-refractivity contribution < 1.29 is 9.47 Å². The van der Waals surface area contributed by atoms with Crippen LogP contribution in [0, 0.1) is 0 Å². The van der Waals surface area contributed by atoms with Crippen molar-refractivity contribution in [2.24, 2.45) is 0 Å². The molecule has 2 aromatic carbocycles. The van der Waals surface area contributed by atoms with Gasteiger partial charge in [-0.3, -0.25) is 0 Å². The van der Waals surface area contributed by atoms with Crippen LogP contribution in [-0.2, 0) is 6.54 Å². The summed E-state index contributed by atoms with van der Waals surface area (Å²) in [4.78, 5) is 0. The average Bonchev–Trinajstić information content (AvgIpc) is 2.61. The number of anilines is 1.